The molecule has 0 fully saturated rings. The lowest BCUT2D eigenvalue weighted by molar-refractivity contribution is 0.600. The Labute approximate surface area is 113 Å². The number of nitrogens with two attached hydrogens (primary N) is 1. The SMILES string of the molecule is CCS(=O)(=O)CC1=CS(=O)(=O)c2ccc(CN)cc21. The first-order valence-electron chi connectivity index (χ1n) is 5.78. The van der Waals surface area contributed by atoms with Crippen molar-refractivity contribution in [3.63, 3.8) is 0 Å². The molecular weight excluding hydrogens is 286 g/mol. The lowest BCUT2D eigenvalue weighted by Gasteiger charge is -2.06. The lowest BCUT2D eigenvalue weighted by Crippen LogP contribution is -2.10. The van der Waals surface area contributed by atoms with Gasteiger partial charge in [0.25, 0.3) is 0 Å². The minimum Gasteiger partial charge on any atom is -0.326 e. The van der Waals surface area contributed by atoms with Crippen molar-refractivity contribution >= 4 is 25.2 Å². The maximum absolute atomic E-state index is 11.9. The Kier molecular flexibility index (Phi) is 3.55. The number of rotatable bonds is 4. The van der Waals surface area contributed by atoms with Crippen molar-refractivity contribution < 1.29 is 16.8 Å². The first-order chi connectivity index (χ1) is 8.79. The molecule has 0 bridgehead atoms. The fourth-order valence-corrected chi connectivity index (χ4v) is 4.46. The molecule has 2 rings (SSSR count). The summed E-state index contributed by atoms with van der Waals surface area (Å²) in [6, 6.07) is 4.77. The quantitative estimate of drug-likeness (QED) is 0.883. The highest BCUT2D eigenvalue weighted by Crippen LogP contribution is 2.34. The first kappa shape index (κ1) is 14.2. The molecule has 1 aliphatic rings. The third-order valence-corrected chi connectivity index (χ3v) is 6.24. The summed E-state index contributed by atoms with van der Waals surface area (Å²) in [6.07, 6.45) is 0. The van der Waals surface area contributed by atoms with Gasteiger partial charge in [0.2, 0.25) is 9.84 Å². The Morgan fingerprint density at radius 3 is 2.53 bits per heavy atom. The summed E-state index contributed by atoms with van der Waals surface area (Å²) in [5, 5.41) is 1.05. The molecule has 0 amide bonds. The van der Waals surface area contributed by atoms with Crippen LogP contribution in [-0.4, -0.2) is 28.3 Å². The number of benzene rings is 1. The van der Waals surface area contributed by atoms with Crippen LogP contribution in [0.1, 0.15) is 18.1 Å². The maximum Gasteiger partial charge on any atom is 0.200 e. The first-order valence-corrected chi connectivity index (χ1v) is 9.15. The molecule has 1 heterocycles. The summed E-state index contributed by atoms with van der Waals surface area (Å²) in [7, 11) is -6.81. The van der Waals surface area contributed by atoms with Gasteiger partial charge in [0.1, 0.15) is 0 Å². The van der Waals surface area contributed by atoms with Crippen LogP contribution in [0.2, 0.25) is 0 Å². The number of hydrogen-bond donors (Lipinski definition) is 1. The van der Waals surface area contributed by atoms with Gasteiger partial charge in [-0.15, -0.1) is 0 Å². The predicted octanol–water partition coefficient (Wildman–Crippen LogP) is 0.708. The normalized spacial score (nSPS) is 17.1. The maximum atomic E-state index is 11.9. The van der Waals surface area contributed by atoms with Gasteiger partial charge >= 0.3 is 0 Å². The molecule has 0 saturated carbocycles. The standard InChI is InChI=1S/C12H15NO4S2/c1-2-18(14,15)7-10-8-19(16,17)12-4-3-9(6-13)5-11(10)12/h3-5,8H,2,6-7,13H2,1H3. The fraction of sp³-hybridized carbons (Fsp3) is 0.333. The molecule has 0 aromatic heterocycles. The zero-order valence-electron chi connectivity index (χ0n) is 10.5. The highest BCUT2D eigenvalue weighted by atomic mass is 32.2. The van der Waals surface area contributed by atoms with E-state index in [2.05, 4.69) is 0 Å². The van der Waals surface area contributed by atoms with Crippen LogP contribution in [0.5, 0.6) is 0 Å². The van der Waals surface area contributed by atoms with E-state index < -0.39 is 19.7 Å². The van der Waals surface area contributed by atoms with Gasteiger partial charge in [-0.25, -0.2) is 16.8 Å². The van der Waals surface area contributed by atoms with Crippen molar-refractivity contribution in [2.45, 2.75) is 18.4 Å². The molecule has 0 aliphatic carbocycles. The van der Waals surface area contributed by atoms with Crippen LogP contribution in [0.25, 0.3) is 5.57 Å². The second-order valence-corrected chi connectivity index (χ2v) is 8.52. The van der Waals surface area contributed by atoms with Crippen molar-refractivity contribution in [3.8, 4) is 0 Å². The zero-order chi connectivity index (χ0) is 14.3. The van der Waals surface area contributed by atoms with E-state index in [9.17, 15) is 16.8 Å². The van der Waals surface area contributed by atoms with E-state index in [1.54, 1.807) is 12.1 Å². The number of hydrogen-bond acceptors (Lipinski definition) is 5. The molecule has 1 aromatic carbocycles. The molecule has 0 saturated heterocycles. The van der Waals surface area contributed by atoms with Crippen LogP contribution >= 0.6 is 0 Å². The van der Waals surface area contributed by atoms with Crippen LogP contribution in [0.4, 0.5) is 0 Å². The van der Waals surface area contributed by atoms with E-state index in [0.29, 0.717) is 11.1 Å². The van der Waals surface area contributed by atoms with E-state index in [-0.39, 0.29) is 22.9 Å². The van der Waals surface area contributed by atoms with Crippen LogP contribution in [0, 0.1) is 0 Å². The second-order valence-electron chi connectivity index (χ2n) is 4.40. The van der Waals surface area contributed by atoms with Gasteiger partial charge in [0.05, 0.1) is 10.6 Å². The van der Waals surface area contributed by atoms with Gasteiger partial charge in [-0.2, -0.15) is 0 Å². The molecule has 1 aliphatic heterocycles. The minimum atomic E-state index is -3.53. The highest BCUT2D eigenvalue weighted by Gasteiger charge is 2.29. The Morgan fingerprint density at radius 1 is 1.26 bits per heavy atom. The molecule has 1 aromatic rings. The van der Waals surface area contributed by atoms with Crippen molar-refractivity contribution in [2.75, 3.05) is 11.5 Å². The van der Waals surface area contributed by atoms with Gasteiger partial charge in [-0.3, -0.25) is 0 Å². The highest BCUT2D eigenvalue weighted by molar-refractivity contribution is 7.95. The van der Waals surface area contributed by atoms with Crippen LogP contribution < -0.4 is 5.73 Å². The summed E-state index contributed by atoms with van der Waals surface area (Å²) in [5.41, 5.74) is 7.08. The van der Waals surface area contributed by atoms with Gasteiger partial charge < -0.3 is 5.73 Å². The Bertz CT molecular complexity index is 746. The minimum absolute atomic E-state index is 0.0176. The van der Waals surface area contributed by atoms with E-state index in [0.717, 1.165) is 11.0 Å². The van der Waals surface area contributed by atoms with Crippen LogP contribution in [0.15, 0.2) is 28.5 Å². The van der Waals surface area contributed by atoms with E-state index in [4.69, 9.17) is 5.73 Å². The Balaban J connectivity index is 2.56. The summed E-state index contributed by atoms with van der Waals surface area (Å²) in [4.78, 5) is 0.158. The average molecular weight is 301 g/mol. The largest absolute Gasteiger partial charge is 0.326 e. The summed E-state index contributed by atoms with van der Waals surface area (Å²) >= 11 is 0. The smallest absolute Gasteiger partial charge is 0.200 e. The second kappa shape index (κ2) is 4.73. The molecule has 0 atom stereocenters. The van der Waals surface area contributed by atoms with Crippen molar-refractivity contribution in [2.24, 2.45) is 5.73 Å². The molecule has 5 nitrogen and oxygen atoms in total. The summed E-state index contributed by atoms with van der Waals surface area (Å²) in [6.45, 7) is 1.82. The van der Waals surface area contributed by atoms with Gasteiger partial charge in [-0.05, 0) is 28.8 Å². The van der Waals surface area contributed by atoms with E-state index >= 15 is 0 Å². The molecule has 0 spiro atoms. The van der Waals surface area contributed by atoms with Crippen molar-refractivity contribution in [3.05, 3.63) is 34.7 Å². The molecule has 19 heavy (non-hydrogen) atoms. The lowest BCUT2D eigenvalue weighted by atomic mass is 10.1. The van der Waals surface area contributed by atoms with Crippen molar-refractivity contribution in [1.82, 2.24) is 0 Å². The zero-order valence-corrected chi connectivity index (χ0v) is 12.1. The van der Waals surface area contributed by atoms with E-state index in [1.165, 1.54) is 13.0 Å². The van der Waals surface area contributed by atoms with Gasteiger partial charge in [0, 0.05) is 17.7 Å². The average Bonchev–Trinajstić information content (AvgIpc) is 2.60. The number of sulfone groups is 2. The predicted molar refractivity (Wildman–Crippen MR) is 73.8 cm³/mol. The monoisotopic (exact) mass is 301 g/mol. The molecule has 104 valence electrons. The molecular formula is C12H15NO4S2. The van der Waals surface area contributed by atoms with Gasteiger partial charge in [-0.1, -0.05) is 13.0 Å². The Hall–Kier alpha value is -1.18. The molecule has 0 unspecified atom stereocenters. The fourth-order valence-electron chi connectivity index (χ4n) is 1.97. The molecule has 0 radical (unpaired) electrons. The van der Waals surface area contributed by atoms with E-state index in [1.807, 2.05) is 0 Å². The number of fused-ring (bicyclic) bond motifs is 1. The topological polar surface area (TPSA) is 94.3 Å². The third kappa shape index (κ3) is 2.72. The summed E-state index contributed by atoms with van der Waals surface area (Å²) in [5.74, 6) is -0.278. The van der Waals surface area contributed by atoms with Gasteiger partial charge in [0.15, 0.2) is 9.84 Å². The van der Waals surface area contributed by atoms with Crippen LogP contribution in [0.3, 0.4) is 0 Å². The third-order valence-electron chi connectivity index (χ3n) is 3.04. The van der Waals surface area contributed by atoms with Crippen LogP contribution in [-0.2, 0) is 26.2 Å². The summed E-state index contributed by atoms with van der Waals surface area (Å²) < 4.78 is 47.2. The Morgan fingerprint density at radius 2 is 1.95 bits per heavy atom. The van der Waals surface area contributed by atoms with Crippen molar-refractivity contribution in [1.29, 1.82) is 0 Å². The molecule has 7 heteroatoms. The molecule has 2 N–H and O–H groups in total.